The van der Waals surface area contributed by atoms with E-state index >= 15 is 0 Å². The van der Waals surface area contributed by atoms with Crippen molar-refractivity contribution in [1.29, 1.82) is 0 Å². The average Bonchev–Trinajstić information content (AvgIpc) is 2.66. The summed E-state index contributed by atoms with van der Waals surface area (Å²) in [4.78, 5) is 11.6. The fourth-order valence-corrected chi connectivity index (χ4v) is 2.67. The van der Waals surface area contributed by atoms with Gasteiger partial charge in [-0.25, -0.2) is 4.79 Å². The van der Waals surface area contributed by atoms with Crippen molar-refractivity contribution in [2.75, 3.05) is 20.8 Å². The molecule has 0 saturated heterocycles. The van der Waals surface area contributed by atoms with Crippen LogP contribution in [0.25, 0.3) is 0 Å². The van der Waals surface area contributed by atoms with Gasteiger partial charge in [0.2, 0.25) is 0 Å². The summed E-state index contributed by atoms with van der Waals surface area (Å²) in [6, 6.07) is 15.0. The van der Waals surface area contributed by atoms with Gasteiger partial charge in [-0.15, -0.1) is 0 Å². The number of hydrogen-bond donors (Lipinski definition) is 2. The van der Waals surface area contributed by atoms with Gasteiger partial charge in [-0.1, -0.05) is 36.4 Å². The highest BCUT2D eigenvalue weighted by molar-refractivity contribution is 5.89. The van der Waals surface area contributed by atoms with Gasteiger partial charge in [-0.2, -0.15) is 0 Å². The largest absolute Gasteiger partial charge is 0.496 e. The number of esters is 1. The fourth-order valence-electron chi connectivity index (χ4n) is 2.67. The monoisotopic (exact) mass is 343 g/mol. The molecule has 0 spiro atoms. The Hall–Kier alpha value is -2.37. The average molecular weight is 343 g/mol. The van der Waals surface area contributed by atoms with Gasteiger partial charge in [0, 0.05) is 12.6 Å². The first-order valence-corrected chi connectivity index (χ1v) is 8.26. The number of methoxy groups -OCH3 is 2. The normalized spacial score (nSPS) is 13.1. The molecule has 0 bridgehead atoms. The lowest BCUT2D eigenvalue weighted by Crippen LogP contribution is -2.32. The zero-order valence-electron chi connectivity index (χ0n) is 14.9. The van der Waals surface area contributed by atoms with Crippen molar-refractivity contribution in [3.05, 3.63) is 65.2 Å². The summed E-state index contributed by atoms with van der Waals surface area (Å²) in [6.45, 7) is 2.51. The van der Waals surface area contributed by atoms with E-state index in [1.54, 1.807) is 19.2 Å². The molecule has 134 valence electrons. The Labute approximate surface area is 148 Å². The molecule has 0 aliphatic heterocycles. The predicted molar refractivity (Wildman–Crippen MR) is 96.9 cm³/mol. The molecule has 2 rings (SSSR count). The van der Waals surface area contributed by atoms with Crippen LogP contribution in [-0.4, -0.2) is 37.9 Å². The molecule has 0 heterocycles. The van der Waals surface area contributed by atoms with Gasteiger partial charge in [0.15, 0.2) is 0 Å². The number of aliphatic hydroxyl groups excluding tert-OH is 1. The highest BCUT2D eigenvalue weighted by Gasteiger charge is 2.14. The summed E-state index contributed by atoms with van der Waals surface area (Å²) in [6.07, 6.45) is 0.166. The molecule has 2 aromatic carbocycles. The molecule has 0 aromatic heterocycles. The number of rotatable bonds is 8. The van der Waals surface area contributed by atoms with Gasteiger partial charge < -0.3 is 19.9 Å². The lowest BCUT2D eigenvalue weighted by molar-refractivity contribution is 0.0600. The van der Waals surface area contributed by atoms with E-state index < -0.39 is 6.10 Å². The molecule has 2 atom stereocenters. The molecule has 2 unspecified atom stereocenters. The predicted octanol–water partition coefficient (Wildman–Crippen LogP) is 2.74. The van der Waals surface area contributed by atoms with Crippen molar-refractivity contribution in [1.82, 2.24) is 5.32 Å². The van der Waals surface area contributed by atoms with E-state index in [0.29, 0.717) is 24.3 Å². The Morgan fingerprint density at radius 3 is 2.52 bits per heavy atom. The summed E-state index contributed by atoms with van der Waals surface area (Å²) >= 11 is 0. The van der Waals surface area contributed by atoms with Crippen LogP contribution >= 0.6 is 0 Å². The summed E-state index contributed by atoms with van der Waals surface area (Å²) in [5, 5.41) is 13.6. The maximum Gasteiger partial charge on any atom is 0.337 e. The Balaban J connectivity index is 1.95. The van der Waals surface area contributed by atoms with E-state index in [0.717, 1.165) is 11.1 Å². The van der Waals surface area contributed by atoms with Crippen molar-refractivity contribution in [2.24, 2.45) is 0 Å². The third-order valence-corrected chi connectivity index (χ3v) is 4.08. The van der Waals surface area contributed by atoms with E-state index in [1.165, 1.54) is 7.11 Å². The molecule has 0 saturated carbocycles. The Morgan fingerprint density at radius 2 is 1.88 bits per heavy atom. The number of carbonyl (C=O) groups is 1. The first-order valence-electron chi connectivity index (χ1n) is 8.26. The van der Waals surface area contributed by atoms with Crippen LogP contribution in [0, 0.1) is 0 Å². The zero-order chi connectivity index (χ0) is 18.2. The molecule has 2 aromatic rings. The van der Waals surface area contributed by atoms with E-state index in [9.17, 15) is 9.90 Å². The number of aliphatic hydroxyl groups is 1. The van der Waals surface area contributed by atoms with Crippen LogP contribution < -0.4 is 10.1 Å². The van der Waals surface area contributed by atoms with Gasteiger partial charge >= 0.3 is 5.97 Å². The van der Waals surface area contributed by atoms with Crippen molar-refractivity contribution in [3.63, 3.8) is 0 Å². The number of ether oxygens (including phenoxy) is 2. The fraction of sp³-hybridized carbons (Fsp3) is 0.350. The first-order chi connectivity index (χ1) is 12.0. The minimum Gasteiger partial charge on any atom is -0.496 e. The third-order valence-electron chi connectivity index (χ3n) is 4.08. The highest BCUT2D eigenvalue weighted by Crippen LogP contribution is 2.22. The molecule has 0 aliphatic rings. The van der Waals surface area contributed by atoms with E-state index in [2.05, 4.69) is 5.32 Å². The smallest absolute Gasteiger partial charge is 0.337 e. The standard InChI is InChI=1S/C20H25NO4/c1-14(21-13-18(22)15-7-5-4-6-8-15)11-16-9-10-17(20(23)25-3)12-19(16)24-2/h4-10,12,14,18,21-22H,11,13H2,1-3H3. The molecule has 2 N–H and O–H groups in total. The van der Waals surface area contributed by atoms with E-state index in [-0.39, 0.29) is 12.0 Å². The van der Waals surface area contributed by atoms with Gasteiger partial charge in [0.1, 0.15) is 5.75 Å². The van der Waals surface area contributed by atoms with Crippen LogP contribution in [0.4, 0.5) is 0 Å². The topological polar surface area (TPSA) is 67.8 Å². The lowest BCUT2D eigenvalue weighted by Gasteiger charge is -2.19. The third kappa shape index (κ3) is 5.31. The minimum absolute atomic E-state index is 0.135. The molecule has 0 aliphatic carbocycles. The summed E-state index contributed by atoms with van der Waals surface area (Å²) < 4.78 is 10.1. The van der Waals surface area contributed by atoms with E-state index in [1.807, 2.05) is 43.3 Å². The van der Waals surface area contributed by atoms with Gasteiger partial charge in [-0.3, -0.25) is 0 Å². The molecule has 0 radical (unpaired) electrons. The molecular formula is C20H25NO4. The van der Waals surface area contributed by atoms with Gasteiger partial charge in [0.25, 0.3) is 0 Å². The number of benzene rings is 2. The SMILES string of the molecule is COC(=O)c1ccc(CC(C)NCC(O)c2ccccc2)c(OC)c1. The second-order valence-corrected chi connectivity index (χ2v) is 5.96. The van der Waals surface area contributed by atoms with Crippen LogP contribution in [0.1, 0.15) is 34.5 Å². The van der Waals surface area contributed by atoms with Crippen molar-refractivity contribution in [3.8, 4) is 5.75 Å². The van der Waals surface area contributed by atoms with Crippen molar-refractivity contribution in [2.45, 2.75) is 25.5 Å². The minimum atomic E-state index is -0.549. The lowest BCUT2D eigenvalue weighted by atomic mass is 10.0. The second-order valence-electron chi connectivity index (χ2n) is 5.96. The van der Waals surface area contributed by atoms with Gasteiger partial charge in [0.05, 0.1) is 25.9 Å². The molecule has 0 amide bonds. The summed E-state index contributed by atoms with van der Waals surface area (Å²) in [5.74, 6) is 0.266. The zero-order valence-corrected chi connectivity index (χ0v) is 14.9. The Bertz CT molecular complexity index is 687. The van der Waals surface area contributed by atoms with Crippen LogP contribution in [-0.2, 0) is 11.2 Å². The highest BCUT2D eigenvalue weighted by atomic mass is 16.5. The molecule has 0 fully saturated rings. The summed E-state index contributed by atoms with van der Waals surface area (Å²) in [5.41, 5.74) is 2.34. The maximum atomic E-state index is 11.6. The Kier molecular flexibility index (Phi) is 6.98. The molecule has 25 heavy (non-hydrogen) atoms. The van der Waals surface area contributed by atoms with Crippen LogP contribution in [0.2, 0.25) is 0 Å². The van der Waals surface area contributed by atoms with E-state index in [4.69, 9.17) is 9.47 Å². The van der Waals surface area contributed by atoms with Gasteiger partial charge in [-0.05, 0) is 36.6 Å². The van der Waals surface area contributed by atoms with Crippen LogP contribution in [0.5, 0.6) is 5.75 Å². The number of nitrogens with one attached hydrogen (secondary N) is 1. The number of hydrogen-bond acceptors (Lipinski definition) is 5. The molecule has 5 nitrogen and oxygen atoms in total. The maximum absolute atomic E-state index is 11.6. The Morgan fingerprint density at radius 1 is 1.16 bits per heavy atom. The van der Waals surface area contributed by atoms with Crippen LogP contribution in [0.15, 0.2) is 48.5 Å². The molecule has 5 heteroatoms. The molecular weight excluding hydrogens is 318 g/mol. The van der Waals surface area contributed by atoms with Crippen molar-refractivity contribution < 1.29 is 19.4 Å². The quantitative estimate of drug-likeness (QED) is 0.722. The summed E-state index contributed by atoms with van der Waals surface area (Å²) in [7, 11) is 2.93. The second kappa shape index (κ2) is 9.20. The number of carbonyl (C=O) groups excluding carboxylic acids is 1. The van der Waals surface area contributed by atoms with Crippen molar-refractivity contribution >= 4 is 5.97 Å². The van der Waals surface area contributed by atoms with Crippen LogP contribution in [0.3, 0.4) is 0 Å². The first kappa shape index (κ1) is 19.0.